The highest BCUT2D eigenvalue weighted by atomic mass is 32.2. The maximum absolute atomic E-state index is 11.5. The van der Waals surface area contributed by atoms with Gasteiger partial charge in [0.1, 0.15) is 5.52 Å². The molecule has 0 bridgehead atoms. The van der Waals surface area contributed by atoms with Crippen molar-refractivity contribution in [2.45, 2.75) is 19.8 Å². The number of pyridine rings is 1. The lowest BCUT2D eigenvalue weighted by Gasteiger charge is -2.08. The van der Waals surface area contributed by atoms with E-state index in [1.807, 2.05) is 30.3 Å². The number of nitrogens with one attached hydrogen (secondary N) is 1. The van der Waals surface area contributed by atoms with Crippen molar-refractivity contribution in [2.24, 2.45) is 0 Å². The number of benzene rings is 2. The minimum Gasteiger partial charge on any atom is -0.382 e. The first-order valence-corrected chi connectivity index (χ1v) is 11.6. The van der Waals surface area contributed by atoms with Gasteiger partial charge in [-0.2, -0.15) is 0 Å². The van der Waals surface area contributed by atoms with Crippen LogP contribution in [0, 0.1) is 0 Å². The Morgan fingerprint density at radius 1 is 1.11 bits per heavy atom. The second kappa shape index (κ2) is 7.03. The van der Waals surface area contributed by atoms with Crippen molar-refractivity contribution < 1.29 is 8.42 Å². The van der Waals surface area contributed by atoms with Crippen LogP contribution in [-0.2, 0) is 16.4 Å². The average molecular weight is 413 g/mol. The fourth-order valence-corrected chi connectivity index (χ4v) is 4.96. The Kier molecular flexibility index (Phi) is 4.68. The molecule has 2 aromatic carbocycles. The Morgan fingerprint density at radius 2 is 1.89 bits per heavy atom. The molecule has 0 radical (unpaired) electrons. The summed E-state index contributed by atoms with van der Waals surface area (Å²) in [6.07, 6.45) is 3.10. The van der Waals surface area contributed by atoms with Crippen molar-refractivity contribution in [2.75, 3.05) is 16.7 Å². The molecule has 0 saturated carbocycles. The van der Waals surface area contributed by atoms with Gasteiger partial charge < -0.3 is 5.73 Å². The summed E-state index contributed by atoms with van der Waals surface area (Å²) < 4.78 is 26.6. The number of sulfonamides is 1. The molecule has 0 fully saturated rings. The molecule has 0 amide bonds. The van der Waals surface area contributed by atoms with Crippen molar-refractivity contribution in [1.29, 1.82) is 0 Å². The van der Waals surface area contributed by atoms with E-state index in [1.165, 1.54) is 0 Å². The van der Waals surface area contributed by atoms with Crippen LogP contribution in [0.15, 0.2) is 42.5 Å². The normalized spacial score (nSPS) is 11.9. The standard InChI is InChI=1S/C20H20N4O2S2/c1-3-5-17-23-18-19(27-17)15-9-8-13(11-16(15)22-20(18)21)12-6-4-7-14(10-12)24-28(2,25)26/h4,6-11,24H,3,5H2,1-2H3,(H2,21,22). The lowest BCUT2D eigenvalue weighted by atomic mass is 10.0. The van der Waals surface area contributed by atoms with E-state index in [1.54, 1.807) is 23.5 Å². The van der Waals surface area contributed by atoms with Crippen LogP contribution in [0.4, 0.5) is 11.5 Å². The van der Waals surface area contributed by atoms with E-state index in [2.05, 4.69) is 21.6 Å². The van der Waals surface area contributed by atoms with Crippen molar-refractivity contribution >= 4 is 54.0 Å². The summed E-state index contributed by atoms with van der Waals surface area (Å²) in [7, 11) is -3.33. The Balaban J connectivity index is 1.82. The topological polar surface area (TPSA) is 98.0 Å². The Hall–Kier alpha value is -2.71. The van der Waals surface area contributed by atoms with Gasteiger partial charge in [-0.1, -0.05) is 31.2 Å². The number of nitrogens with zero attached hydrogens (tertiary/aromatic N) is 2. The average Bonchev–Trinajstić information content (AvgIpc) is 3.05. The van der Waals surface area contributed by atoms with Crippen molar-refractivity contribution in [3.63, 3.8) is 0 Å². The maximum Gasteiger partial charge on any atom is 0.229 e. The predicted molar refractivity (Wildman–Crippen MR) is 117 cm³/mol. The Labute approximate surface area is 167 Å². The van der Waals surface area contributed by atoms with Gasteiger partial charge in [0.25, 0.3) is 0 Å². The third kappa shape index (κ3) is 3.65. The van der Waals surface area contributed by atoms with Crippen LogP contribution in [0.2, 0.25) is 0 Å². The first-order chi connectivity index (χ1) is 13.3. The summed E-state index contributed by atoms with van der Waals surface area (Å²) in [6, 6.07) is 13.3. The molecule has 28 heavy (non-hydrogen) atoms. The quantitative estimate of drug-likeness (QED) is 0.506. The molecular weight excluding hydrogens is 392 g/mol. The van der Waals surface area contributed by atoms with Crippen LogP contribution in [-0.4, -0.2) is 24.6 Å². The van der Waals surface area contributed by atoms with Crippen LogP contribution < -0.4 is 10.5 Å². The van der Waals surface area contributed by atoms with Crippen LogP contribution >= 0.6 is 11.3 Å². The number of aromatic nitrogens is 2. The molecule has 144 valence electrons. The first-order valence-electron chi connectivity index (χ1n) is 8.91. The van der Waals surface area contributed by atoms with E-state index in [4.69, 9.17) is 5.73 Å². The fourth-order valence-electron chi connectivity index (χ4n) is 3.20. The number of aryl methyl sites for hydroxylation is 1. The molecule has 0 aliphatic carbocycles. The highest BCUT2D eigenvalue weighted by molar-refractivity contribution is 7.92. The van der Waals surface area contributed by atoms with Crippen LogP contribution in [0.25, 0.3) is 32.2 Å². The van der Waals surface area contributed by atoms with E-state index in [9.17, 15) is 8.42 Å². The van der Waals surface area contributed by atoms with Gasteiger partial charge in [-0.25, -0.2) is 18.4 Å². The number of rotatable bonds is 5. The molecule has 0 spiro atoms. The second-order valence-corrected chi connectivity index (χ2v) is 9.55. The first kappa shape index (κ1) is 18.6. The molecule has 0 unspecified atom stereocenters. The minimum atomic E-state index is -3.33. The largest absolute Gasteiger partial charge is 0.382 e. The summed E-state index contributed by atoms with van der Waals surface area (Å²) in [6.45, 7) is 2.13. The molecule has 0 atom stereocenters. The van der Waals surface area contributed by atoms with E-state index in [0.29, 0.717) is 11.5 Å². The van der Waals surface area contributed by atoms with Gasteiger partial charge in [-0.05, 0) is 42.2 Å². The summed E-state index contributed by atoms with van der Waals surface area (Å²) >= 11 is 1.67. The van der Waals surface area contributed by atoms with Crippen LogP contribution in [0.1, 0.15) is 18.4 Å². The molecule has 3 N–H and O–H groups in total. The van der Waals surface area contributed by atoms with E-state index >= 15 is 0 Å². The van der Waals surface area contributed by atoms with Gasteiger partial charge in [0.2, 0.25) is 10.0 Å². The molecule has 0 aliphatic heterocycles. The monoisotopic (exact) mass is 412 g/mol. The van der Waals surface area contributed by atoms with Gasteiger partial charge in [-0.3, -0.25) is 4.72 Å². The fraction of sp³-hybridized carbons (Fsp3) is 0.200. The highest BCUT2D eigenvalue weighted by Crippen LogP contribution is 2.35. The zero-order valence-corrected chi connectivity index (χ0v) is 17.2. The van der Waals surface area contributed by atoms with E-state index in [0.717, 1.165) is 56.4 Å². The van der Waals surface area contributed by atoms with Gasteiger partial charge in [0.15, 0.2) is 5.82 Å². The molecule has 0 saturated heterocycles. The Bertz CT molecular complexity index is 1300. The highest BCUT2D eigenvalue weighted by Gasteiger charge is 2.13. The SMILES string of the molecule is CCCc1nc2c(N)nc3cc(-c4cccc(NS(C)(=O)=O)c4)ccc3c2s1. The molecule has 2 aromatic heterocycles. The summed E-state index contributed by atoms with van der Waals surface area (Å²) in [5, 5.41) is 2.10. The zero-order chi connectivity index (χ0) is 19.9. The van der Waals surface area contributed by atoms with Gasteiger partial charge in [0, 0.05) is 11.1 Å². The summed E-state index contributed by atoms with van der Waals surface area (Å²) in [4.78, 5) is 9.20. The van der Waals surface area contributed by atoms with Crippen molar-refractivity contribution in [3.05, 3.63) is 47.5 Å². The van der Waals surface area contributed by atoms with Gasteiger partial charge in [-0.15, -0.1) is 11.3 Å². The maximum atomic E-state index is 11.5. The zero-order valence-electron chi connectivity index (χ0n) is 15.6. The number of anilines is 2. The molecule has 0 aliphatic rings. The third-order valence-corrected chi connectivity index (χ3v) is 6.12. The minimum absolute atomic E-state index is 0.436. The summed E-state index contributed by atoms with van der Waals surface area (Å²) in [5.41, 5.74) is 10.1. The van der Waals surface area contributed by atoms with E-state index < -0.39 is 10.0 Å². The number of nitrogens with two attached hydrogens (primary N) is 1. The molecule has 6 nitrogen and oxygen atoms in total. The molecule has 4 aromatic rings. The van der Waals surface area contributed by atoms with Crippen molar-refractivity contribution in [1.82, 2.24) is 9.97 Å². The van der Waals surface area contributed by atoms with Crippen molar-refractivity contribution in [3.8, 4) is 11.1 Å². The number of thiazole rings is 1. The lowest BCUT2D eigenvalue weighted by Crippen LogP contribution is -2.09. The number of fused-ring (bicyclic) bond motifs is 3. The van der Waals surface area contributed by atoms with Crippen LogP contribution in [0.3, 0.4) is 0 Å². The molecular formula is C20H20N4O2S2. The summed E-state index contributed by atoms with van der Waals surface area (Å²) in [5.74, 6) is 0.436. The van der Waals surface area contributed by atoms with E-state index in [-0.39, 0.29) is 0 Å². The number of hydrogen-bond acceptors (Lipinski definition) is 6. The Morgan fingerprint density at radius 3 is 2.64 bits per heavy atom. The third-order valence-electron chi connectivity index (χ3n) is 4.36. The van der Waals surface area contributed by atoms with Gasteiger partial charge in [0.05, 0.1) is 21.5 Å². The smallest absolute Gasteiger partial charge is 0.229 e. The molecule has 2 heterocycles. The number of nitrogen functional groups attached to an aromatic ring is 1. The number of hydrogen-bond donors (Lipinski definition) is 2. The molecule has 8 heteroatoms. The second-order valence-electron chi connectivity index (χ2n) is 6.72. The van der Waals surface area contributed by atoms with Crippen LogP contribution in [0.5, 0.6) is 0 Å². The van der Waals surface area contributed by atoms with Gasteiger partial charge >= 0.3 is 0 Å². The molecule has 4 rings (SSSR count). The lowest BCUT2D eigenvalue weighted by molar-refractivity contribution is 0.607. The predicted octanol–water partition coefficient (Wildman–Crippen LogP) is 4.42.